The molecule has 0 aromatic heterocycles. The Morgan fingerprint density at radius 2 is 1.33 bits per heavy atom. The monoisotopic (exact) mass is 254 g/mol. The molecule has 1 nitrogen and oxygen atoms in total. The zero-order valence-corrected chi connectivity index (χ0v) is 10.2. The Bertz CT molecular complexity index is 27.0. The van der Waals surface area contributed by atoms with Crippen LogP contribution in [0, 0.1) is 0 Å². The molecule has 0 amide bonds. The Morgan fingerprint density at radius 1 is 1.11 bits per heavy atom. The van der Waals surface area contributed by atoms with E-state index < -0.39 is 0 Å². The maximum absolute atomic E-state index is 4.83. The van der Waals surface area contributed by atoms with E-state index in [0.29, 0.717) is 0 Å². The van der Waals surface area contributed by atoms with Crippen molar-refractivity contribution in [3.63, 3.8) is 0 Å². The Labute approximate surface area is 88.4 Å². The summed E-state index contributed by atoms with van der Waals surface area (Å²) in [5, 5.41) is 0. The maximum Gasteiger partial charge on any atom is -1.00 e. The molecule has 9 heavy (non-hydrogen) atoms. The van der Waals surface area contributed by atoms with E-state index in [9.17, 15) is 0 Å². The topological polar surface area (TPSA) is 9.23 Å². The van der Waals surface area contributed by atoms with Gasteiger partial charge in [-0.25, -0.2) is 0 Å². The molecule has 0 rings (SSSR count). The Balaban J connectivity index is -0.0000000800. The van der Waals surface area contributed by atoms with Crippen molar-refractivity contribution < 1.29 is 28.7 Å². The minimum atomic E-state index is 0. The second-order valence-electron chi connectivity index (χ2n) is 1.28. The van der Waals surface area contributed by atoms with E-state index in [1.165, 1.54) is 4.55 Å². The molecule has 3 heteroatoms. The van der Waals surface area contributed by atoms with Crippen LogP contribution >= 0.6 is 0 Å². The van der Waals surface area contributed by atoms with E-state index >= 15 is 0 Å². The van der Waals surface area contributed by atoms with E-state index in [0.717, 1.165) is 13.2 Å². The molecule has 0 aliphatic heterocycles. The fraction of sp³-hybridized carbons (Fsp3) is 1.00. The summed E-state index contributed by atoms with van der Waals surface area (Å²) in [6, 6.07) is 0. The van der Waals surface area contributed by atoms with Crippen molar-refractivity contribution in [3.8, 4) is 0 Å². The molecular weight excluding hydrogens is 239 g/mol. The summed E-state index contributed by atoms with van der Waals surface area (Å²) in [7, 11) is 0. The first-order valence-corrected chi connectivity index (χ1v) is 4.20. The number of halogens is 1. The minimum absolute atomic E-state index is 0. The van der Waals surface area contributed by atoms with Crippen LogP contribution in [0.1, 0.15) is 20.8 Å². The SMILES string of the molecule is CCOCC.C[CH2][Mg+].[I-]. The maximum atomic E-state index is 4.83. The molecule has 0 aliphatic carbocycles. The Morgan fingerprint density at radius 3 is 1.33 bits per heavy atom. The normalized spacial score (nSPS) is 6.78. The van der Waals surface area contributed by atoms with Crippen molar-refractivity contribution in [3.05, 3.63) is 0 Å². The van der Waals surface area contributed by atoms with Crippen LogP contribution in [0.3, 0.4) is 0 Å². The second-order valence-corrected chi connectivity index (χ2v) is 2.28. The summed E-state index contributed by atoms with van der Waals surface area (Å²) < 4.78 is 6.11. The average Bonchev–Trinajstić information content (AvgIpc) is 1.71. The molecule has 0 fully saturated rings. The number of rotatable bonds is 2. The predicted octanol–water partition coefficient (Wildman–Crippen LogP) is -1.36. The molecule has 0 saturated carbocycles. The zero-order valence-electron chi connectivity index (χ0n) is 6.61. The minimum Gasteiger partial charge on any atom is -1.00 e. The summed E-state index contributed by atoms with van der Waals surface area (Å²) in [5.74, 6) is 0. The van der Waals surface area contributed by atoms with Gasteiger partial charge >= 0.3 is 33.2 Å². The number of hydrogen-bond donors (Lipinski definition) is 0. The van der Waals surface area contributed by atoms with Gasteiger partial charge < -0.3 is 28.7 Å². The predicted molar refractivity (Wildman–Crippen MR) is 38.4 cm³/mol. The van der Waals surface area contributed by atoms with Gasteiger partial charge in [-0.1, -0.05) is 0 Å². The van der Waals surface area contributed by atoms with E-state index in [1.807, 2.05) is 35.6 Å². The van der Waals surface area contributed by atoms with Gasteiger partial charge in [0.05, 0.1) is 0 Å². The van der Waals surface area contributed by atoms with Crippen LogP contribution in [0.25, 0.3) is 0 Å². The van der Waals surface area contributed by atoms with Gasteiger partial charge in [0.15, 0.2) is 0 Å². The van der Waals surface area contributed by atoms with Crippen LogP contribution in [0.15, 0.2) is 0 Å². The van der Waals surface area contributed by atoms with E-state index in [-0.39, 0.29) is 24.0 Å². The van der Waals surface area contributed by atoms with Crippen molar-refractivity contribution in [1.82, 2.24) is 0 Å². The summed E-state index contributed by atoms with van der Waals surface area (Å²) in [4.78, 5) is 0. The number of ether oxygens (including phenoxy) is 1. The molecule has 0 spiro atoms. The van der Waals surface area contributed by atoms with Crippen molar-refractivity contribution in [2.45, 2.75) is 25.3 Å². The molecule has 0 aliphatic rings. The van der Waals surface area contributed by atoms with E-state index in [4.69, 9.17) is 4.74 Å². The molecule has 0 saturated heterocycles. The molecule has 0 heterocycles. The van der Waals surface area contributed by atoms with Gasteiger partial charge in [-0.05, 0) is 13.8 Å². The standard InChI is InChI=1S/C4H10O.C2H5.HI.Mg/c1-3-5-4-2;1-2;;/h3-4H2,1-2H3;1H2,2H3;1H;/q;;;+1/p-1. The van der Waals surface area contributed by atoms with Gasteiger partial charge in [0.1, 0.15) is 0 Å². The van der Waals surface area contributed by atoms with E-state index in [1.54, 1.807) is 0 Å². The quantitative estimate of drug-likeness (QED) is 0.437. The molecule has 0 radical (unpaired) electrons. The van der Waals surface area contributed by atoms with Crippen molar-refractivity contribution in [2.24, 2.45) is 0 Å². The zero-order chi connectivity index (χ0) is 6.83. The van der Waals surface area contributed by atoms with Gasteiger partial charge in [-0.2, -0.15) is 0 Å². The van der Waals surface area contributed by atoms with Crippen LogP contribution in [0.5, 0.6) is 0 Å². The summed E-state index contributed by atoms with van der Waals surface area (Å²) in [6.45, 7) is 7.80. The van der Waals surface area contributed by atoms with Crippen LogP contribution in [0.4, 0.5) is 0 Å². The summed E-state index contributed by atoms with van der Waals surface area (Å²) in [5.41, 5.74) is 0. The molecule has 0 unspecified atom stereocenters. The Kier molecular flexibility index (Phi) is 42.4. The first-order valence-electron chi connectivity index (χ1n) is 3.20. The van der Waals surface area contributed by atoms with Crippen LogP contribution < -0.4 is 24.0 Å². The van der Waals surface area contributed by atoms with E-state index in [2.05, 4.69) is 6.92 Å². The van der Waals surface area contributed by atoms with Crippen LogP contribution in [-0.4, -0.2) is 34.9 Å². The molecule has 0 atom stereocenters. The molecule has 0 bridgehead atoms. The van der Waals surface area contributed by atoms with Gasteiger partial charge in [0, 0.05) is 13.2 Å². The molecular formula is C6H15IMgO. The third-order valence-electron chi connectivity index (χ3n) is 0.408. The molecule has 0 N–H and O–H groups in total. The van der Waals surface area contributed by atoms with Gasteiger partial charge in [0.2, 0.25) is 0 Å². The smallest absolute Gasteiger partial charge is 1.00 e. The third-order valence-corrected chi connectivity index (χ3v) is 0.408. The second kappa shape index (κ2) is 22.7. The Hall–Kier alpha value is 1.46. The van der Waals surface area contributed by atoms with Gasteiger partial charge in [0.25, 0.3) is 0 Å². The number of hydrogen-bond acceptors (Lipinski definition) is 1. The first kappa shape index (κ1) is 16.8. The summed E-state index contributed by atoms with van der Waals surface area (Å²) >= 11 is 1.97. The fourth-order valence-corrected chi connectivity index (χ4v) is 0.204. The molecule has 54 valence electrons. The van der Waals surface area contributed by atoms with Crippen molar-refractivity contribution >= 4 is 21.7 Å². The molecule has 0 aromatic carbocycles. The molecule has 0 aromatic rings. The largest absolute Gasteiger partial charge is 1.00 e. The van der Waals surface area contributed by atoms with Crippen molar-refractivity contribution in [2.75, 3.05) is 13.2 Å². The third kappa shape index (κ3) is 44.0. The van der Waals surface area contributed by atoms with Crippen LogP contribution in [0.2, 0.25) is 4.55 Å². The average molecular weight is 254 g/mol. The summed E-state index contributed by atoms with van der Waals surface area (Å²) in [6.07, 6.45) is 0. The van der Waals surface area contributed by atoms with Crippen molar-refractivity contribution in [1.29, 1.82) is 0 Å². The van der Waals surface area contributed by atoms with Gasteiger partial charge in [-0.3, -0.25) is 0 Å². The van der Waals surface area contributed by atoms with Gasteiger partial charge in [-0.15, -0.1) is 0 Å². The fourth-order valence-electron chi connectivity index (χ4n) is 0.204. The van der Waals surface area contributed by atoms with Crippen LogP contribution in [-0.2, 0) is 4.74 Å². The first-order chi connectivity index (χ1) is 3.83.